The smallest absolute Gasteiger partial charge is 0.234 e. The molecule has 1 fully saturated rings. The molecule has 0 saturated carbocycles. The third-order valence-electron chi connectivity index (χ3n) is 5.70. The van der Waals surface area contributed by atoms with Crippen molar-refractivity contribution in [1.29, 1.82) is 0 Å². The van der Waals surface area contributed by atoms with Gasteiger partial charge in [-0.25, -0.2) is 0 Å². The predicted octanol–water partition coefficient (Wildman–Crippen LogP) is 3.53. The molecule has 1 saturated heterocycles. The highest BCUT2D eigenvalue weighted by Gasteiger charge is 2.31. The number of rotatable bonds is 5. The first-order chi connectivity index (χ1) is 13.9. The monoisotopic (exact) mass is 395 g/mol. The second-order valence-corrected chi connectivity index (χ2v) is 8.04. The summed E-state index contributed by atoms with van der Waals surface area (Å²) in [7, 11) is 1.95. The van der Waals surface area contributed by atoms with Crippen LogP contribution in [-0.2, 0) is 18.3 Å². The SMILES string of the molecule is Cc1nn(C)c(C)c1C(C)c1nc([C@@H]2CN(Cc3ccccc3)C[C@H](C)O2)no1. The van der Waals surface area contributed by atoms with E-state index in [4.69, 9.17) is 14.2 Å². The Morgan fingerprint density at radius 2 is 1.93 bits per heavy atom. The van der Waals surface area contributed by atoms with Gasteiger partial charge in [0.25, 0.3) is 0 Å². The van der Waals surface area contributed by atoms with Gasteiger partial charge in [0.15, 0.2) is 0 Å². The molecule has 0 N–H and O–H groups in total. The summed E-state index contributed by atoms with van der Waals surface area (Å²) in [6.07, 6.45) is -0.0806. The van der Waals surface area contributed by atoms with Gasteiger partial charge in [-0.15, -0.1) is 0 Å². The van der Waals surface area contributed by atoms with Crippen molar-refractivity contribution in [2.24, 2.45) is 7.05 Å². The Morgan fingerprint density at radius 3 is 2.62 bits per heavy atom. The zero-order valence-electron chi connectivity index (χ0n) is 17.8. The van der Waals surface area contributed by atoms with Crippen LogP contribution in [0.15, 0.2) is 34.9 Å². The molecule has 0 aliphatic carbocycles. The highest BCUT2D eigenvalue weighted by Crippen LogP contribution is 2.30. The molecule has 4 rings (SSSR count). The maximum Gasteiger partial charge on any atom is 0.234 e. The van der Waals surface area contributed by atoms with E-state index in [1.54, 1.807) is 0 Å². The van der Waals surface area contributed by atoms with E-state index < -0.39 is 0 Å². The zero-order valence-corrected chi connectivity index (χ0v) is 17.8. The van der Waals surface area contributed by atoms with Crippen LogP contribution >= 0.6 is 0 Å². The maximum atomic E-state index is 6.15. The summed E-state index contributed by atoms with van der Waals surface area (Å²) in [4.78, 5) is 7.10. The molecule has 3 heterocycles. The lowest BCUT2D eigenvalue weighted by atomic mass is 9.99. The van der Waals surface area contributed by atoms with E-state index in [9.17, 15) is 0 Å². The van der Waals surface area contributed by atoms with E-state index in [2.05, 4.69) is 60.2 Å². The molecule has 29 heavy (non-hydrogen) atoms. The molecule has 1 aliphatic heterocycles. The fourth-order valence-electron chi connectivity index (χ4n) is 4.25. The average molecular weight is 396 g/mol. The van der Waals surface area contributed by atoms with Gasteiger partial charge in [-0.3, -0.25) is 9.58 Å². The predicted molar refractivity (Wildman–Crippen MR) is 110 cm³/mol. The molecule has 2 aromatic heterocycles. The van der Waals surface area contributed by atoms with Gasteiger partial charge in [0.1, 0.15) is 6.10 Å². The molecule has 0 amide bonds. The number of morpholine rings is 1. The Balaban J connectivity index is 1.50. The highest BCUT2D eigenvalue weighted by molar-refractivity contribution is 5.31. The van der Waals surface area contributed by atoms with Gasteiger partial charge in [-0.1, -0.05) is 35.5 Å². The lowest BCUT2D eigenvalue weighted by Crippen LogP contribution is -2.42. The summed E-state index contributed by atoms with van der Waals surface area (Å²) in [5, 5.41) is 8.77. The van der Waals surface area contributed by atoms with Crippen LogP contribution in [0.4, 0.5) is 0 Å². The minimum Gasteiger partial charge on any atom is -0.364 e. The second-order valence-electron chi connectivity index (χ2n) is 8.04. The topological polar surface area (TPSA) is 69.2 Å². The van der Waals surface area contributed by atoms with Crippen molar-refractivity contribution in [2.45, 2.75) is 52.4 Å². The summed E-state index contributed by atoms with van der Waals surface area (Å²) >= 11 is 0. The molecule has 3 aromatic rings. The largest absolute Gasteiger partial charge is 0.364 e. The Labute approximate surface area is 171 Å². The average Bonchev–Trinajstić information content (AvgIpc) is 3.27. The van der Waals surface area contributed by atoms with E-state index in [1.165, 1.54) is 5.56 Å². The molecule has 1 unspecified atom stereocenters. The summed E-state index contributed by atoms with van der Waals surface area (Å²) in [6, 6.07) is 10.5. The maximum absolute atomic E-state index is 6.15. The quantitative estimate of drug-likeness (QED) is 0.658. The normalized spacial score (nSPS) is 21.4. The first-order valence-electron chi connectivity index (χ1n) is 10.2. The third-order valence-corrected chi connectivity index (χ3v) is 5.70. The van der Waals surface area contributed by atoms with E-state index in [0.29, 0.717) is 11.7 Å². The minimum absolute atomic E-state index is 0.00798. The number of nitrogens with zero attached hydrogens (tertiary/aromatic N) is 5. The lowest BCUT2D eigenvalue weighted by Gasteiger charge is -2.35. The van der Waals surface area contributed by atoms with Crippen LogP contribution in [0.25, 0.3) is 0 Å². The number of hydrogen-bond donors (Lipinski definition) is 0. The number of hydrogen-bond acceptors (Lipinski definition) is 6. The van der Waals surface area contributed by atoms with Crippen LogP contribution in [-0.4, -0.2) is 44.0 Å². The first-order valence-corrected chi connectivity index (χ1v) is 10.2. The van der Waals surface area contributed by atoms with Gasteiger partial charge in [0.05, 0.1) is 17.7 Å². The van der Waals surface area contributed by atoms with Crippen molar-refractivity contribution in [3.05, 3.63) is 64.6 Å². The fourth-order valence-corrected chi connectivity index (χ4v) is 4.25. The summed E-state index contributed by atoms with van der Waals surface area (Å²) in [6.45, 7) is 10.8. The van der Waals surface area contributed by atoms with Crippen molar-refractivity contribution in [1.82, 2.24) is 24.8 Å². The van der Waals surface area contributed by atoms with Gasteiger partial charge in [0.2, 0.25) is 11.7 Å². The highest BCUT2D eigenvalue weighted by atomic mass is 16.5. The van der Waals surface area contributed by atoms with Crippen molar-refractivity contribution < 1.29 is 9.26 Å². The molecule has 0 spiro atoms. The minimum atomic E-state index is -0.191. The van der Waals surface area contributed by atoms with Gasteiger partial charge < -0.3 is 9.26 Å². The standard InChI is InChI=1S/C22H29N5O2/c1-14-11-27(12-18-9-7-6-8-10-18)13-19(28-14)21-23-22(29-25-21)15(2)20-16(3)24-26(5)17(20)4/h6-10,14-15,19H,11-13H2,1-5H3/t14-,15?,19-/m0/s1. The molecule has 1 aromatic carbocycles. The first kappa shape index (κ1) is 19.8. The zero-order chi connectivity index (χ0) is 20.5. The van der Waals surface area contributed by atoms with Gasteiger partial charge in [-0.05, 0) is 33.3 Å². The van der Waals surface area contributed by atoms with Crippen LogP contribution in [0.5, 0.6) is 0 Å². The molecule has 7 nitrogen and oxygen atoms in total. The Morgan fingerprint density at radius 1 is 1.17 bits per heavy atom. The molecule has 154 valence electrons. The molecule has 7 heteroatoms. The molecule has 3 atom stereocenters. The molecule has 1 aliphatic rings. The van der Waals surface area contributed by atoms with E-state index in [-0.39, 0.29) is 18.1 Å². The number of aryl methyl sites for hydroxylation is 2. The summed E-state index contributed by atoms with van der Waals surface area (Å²) in [5.41, 5.74) is 4.55. The third kappa shape index (κ3) is 4.11. The Kier molecular flexibility index (Phi) is 5.52. The van der Waals surface area contributed by atoms with Crippen molar-refractivity contribution in [3.63, 3.8) is 0 Å². The van der Waals surface area contributed by atoms with Crippen LogP contribution < -0.4 is 0 Å². The van der Waals surface area contributed by atoms with Crippen molar-refractivity contribution >= 4 is 0 Å². The Bertz CT molecular complexity index is 965. The van der Waals surface area contributed by atoms with E-state index in [1.807, 2.05) is 24.7 Å². The van der Waals surface area contributed by atoms with E-state index in [0.717, 1.165) is 36.6 Å². The van der Waals surface area contributed by atoms with Gasteiger partial charge in [0, 0.05) is 37.9 Å². The van der Waals surface area contributed by atoms with Crippen molar-refractivity contribution in [2.75, 3.05) is 13.1 Å². The van der Waals surface area contributed by atoms with E-state index >= 15 is 0 Å². The fraction of sp³-hybridized carbons (Fsp3) is 0.500. The Hall–Kier alpha value is -2.51. The van der Waals surface area contributed by atoms with Gasteiger partial charge in [-0.2, -0.15) is 10.1 Å². The summed E-state index contributed by atoms with van der Waals surface area (Å²) < 4.78 is 13.7. The summed E-state index contributed by atoms with van der Waals surface area (Å²) in [5.74, 6) is 1.22. The number of aromatic nitrogens is 4. The van der Waals surface area contributed by atoms with Crippen LogP contribution in [0.2, 0.25) is 0 Å². The second kappa shape index (κ2) is 8.08. The van der Waals surface area contributed by atoms with Crippen LogP contribution in [0, 0.1) is 13.8 Å². The molecular weight excluding hydrogens is 366 g/mol. The lowest BCUT2D eigenvalue weighted by molar-refractivity contribution is -0.0856. The molecule has 0 radical (unpaired) electrons. The number of ether oxygens (including phenoxy) is 1. The van der Waals surface area contributed by atoms with Gasteiger partial charge >= 0.3 is 0 Å². The molecule has 0 bridgehead atoms. The molecular formula is C22H29N5O2. The van der Waals surface area contributed by atoms with Crippen LogP contribution in [0.1, 0.15) is 60.1 Å². The number of benzene rings is 1. The van der Waals surface area contributed by atoms with Crippen molar-refractivity contribution in [3.8, 4) is 0 Å². The van der Waals surface area contributed by atoms with Crippen LogP contribution in [0.3, 0.4) is 0 Å².